The standard InChI is InChI=1S/C19H22N2O4/c1-25-17-9-5-8-15(13-17)20-19(24)21-16(10-11-18(22)23)12-14-6-3-2-4-7-14/h2-9,13,16H,10-12H2,1H3,(H,22,23)(H2,20,21,24). The summed E-state index contributed by atoms with van der Waals surface area (Å²) in [6, 6.07) is 16.0. The van der Waals surface area contributed by atoms with Crippen molar-refractivity contribution in [3.63, 3.8) is 0 Å². The molecule has 6 nitrogen and oxygen atoms in total. The third-order valence-corrected chi connectivity index (χ3v) is 3.69. The van der Waals surface area contributed by atoms with Crippen LogP contribution in [-0.4, -0.2) is 30.3 Å². The van der Waals surface area contributed by atoms with Crippen LogP contribution in [0.25, 0.3) is 0 Å². The second-order valence-electron chi connectivity index (χ2n) is 5.65. The number of rotatable bonds is 8. The van der Waals surface area contributed by atoms with E-state index in [-0.39, 0.29) is 18.5 Å². The molecule has 0 saturated heterocycles. The van der Waals surface area contributed by atoms with Gasteiger partial charge < -0.3 is 20.5 Å². The quantitative estimate of drug-likeness (QED) is 0.687. The van der Waals surface area contributed by atoms with Crippen LogP contribution in [0.15, 0.2) is 54.6 Å². The highest BCUT2D eigenvalue weighted by molar-refractivity contribution is 5.89. The number of anilines is 1. The summed E-state index contributed by atoms with van der Waals surface area (Å²) in [6.45, 7) is 0. The molecular weight excluding hydrogens is 320 g/mol. The fourth-order valence-corrected chi connectivity index (χ4v) is 2.47. The number of carboxylic acid groups (broad SMARTS) is 1. The van der Waals surface area contributed by atoms with Gasteiger partial charge in [-0.1, -0.05) is 36.4 Å². The van der Waals surface area contributed by atoms with Crippen LogP contribution in [-0.2, 0) is 11.2 Å². The number of methoxy groups -OCH3 is 1. The van der Waals surface area contributed by atoms with Crippen molar-refractivity contribution in [3.05, 3.63) is 60.2 Å². The Kier molecular flexibility index (Phi) is 6.83. The number of nitrogens with one attached hydrogen (secondary N) is 2. The molecule has 0 aliphatic carbocycles. The van der Waals surface area contributed by atoms with E-state index in [2.05, 4.69) is 10.6 Å². The molecule has 132 valence electrons. The van der Waals surface area contributed by atoms with Gasteiger partial charge in [0.25, 0.3) is 0 Å². The third-order valence-electron chi connectivity index (χ3n) is 3.69. The van der Waals surface area contributed by atoms with E-state index in [1.165, 1.54) is 0 Å². The SMILES string of the molecule is COc1cccc(NC(=O)NC(CCC(=O)O)Cc2ccccc2)c1. The Balaban J connectivity index is 1.98. The summed E-state index contributed by atoms with van der Waals surface area (Å²) in [4.78, 5) is 23.1. The molecule has 0 radical (unpaired) electrons. The van der Waals surface area contributed by atoms with Crippen LogP contribution in [0.4, 0.5) is 10.5 Å². The third kappa shape index (κ3) is 6.55. The molecule has 0 aliphatic rings. The molecule has 0 bridgehead atoms. The molecule has 0 aliphatic heterocycles. The summed E-state index contributed by atoms with van der Waals surface area (Å²) >= 11 is 0. The van der Waals surface area contributed by atoms with Gasteiger partial charge in [0.15, 0.2) is 0 Å². The number of hydrogen-bond acceptors (Lipinski definition) is 3. The van der Waals surface area contributed by atoms with Crippen LogP contribution in [0.2, 0.25) is 0 Å². The first-order valence-electron chi connectivity index (χ1n) is 8.04. The number of benzene rings is 2. The van der Waals surface area contributed by atoms with Crippen LogP contribution in [0.5, 0.6) is 5.75 Å². The lowest BCUT2D eigenvalue weighted by molar-refractivity contribution is -0.137. The predicted molar refractivity (Wildman–Crippen MR) is 96.0 cm³/mol. The Morgan fingerprint density at radius 1 is 1.12 bits per heavy atom. The summed E-state index contributed by atoms with van der Waals surface area (Å²) in [6.07, 6.45) is 0.923. The maximum Gasteiger partial charge on any atom is 0.319 e. The average Bonchev–Trinajstić information content (AvgIpc) is 2.60. The number of carbonyl (C=O) groups excluding carboxylic acids is 1. The van der Waals surface area contributed by atoms with Crippen molar-refractivity contribution < 1.29 is 19.4 Å². The molecule has 0 saturated carbocycles. The first-order chi connectivity index (χ1) is 12.1. The Hall–Kier alpha value is -3.02. The summed E-state index contributed by atoms with van der Waals surface area (Å²) in [5, 5.41) is 14.5. The van der Waals surface area contributed by atoms with Crippen molar-refractivity contribution in [1.82, 2.24) is 5.32 Å². The Morgan fingerprint density at radius 3 is 2.56 bits per heavy atom. The second-order valence-corrected chi connectivity index (χ2v) is 5.65. The Labute approximate surface area is 146 Å². The van der Waals surface area contributed by atoms with Crippen molar-refractivity contribution in [2.75, 3.05) is 12.4 Å². The van der Waals surface area contributed by atoms with E-state index >= 15 is 0 Å². The van der Waals surface area contributed by atoms with Gasteiger partial charge in [0.1, 0.15) is 5.75 Å². The molecule has 2 rings (SSSR count). The molecule has 1 atom stereocenters. The van der Waals surface area contributed by atoms with Gasteiger partial charge in [0, 0.05) is 24.2 Å². The maximum absolute atomic E-state index is 12.2. The Morgan fingerprint density at radius 2 is 1.88 bits per heavy atom. The number of ether oxygens (including phenoxy) is 1. The van der Waals surface area contributed by atoms with E-state index in [0.717, 1.165) is 5.56 Å². The molecule has 6 heteroatoms. The minimum Gasteiger partial charge on any atom is -0.497 e. The van der Waals surface area contributed by atoms with E-state index in [9.17, 15) is 9.59 Å². The number of carboxylic acids is 1. The fourth-order valence-electron chi connectivity index (χ4n) is 2.47. The molecule has 2 aromatic rings. The van der Waals surface area contributed by atoms with Crippen molar-refractivity contribution in [2.24, 2.45) is 0 Å². The van der Waals surface area contributed by atoms with Crippen LogP contribution < -0.4 is 15.4 Å². The van der Waals surface area contributed by atoms with Gasteiger partial charge in [0.05, 0.1) is 7.11 Å². The summed E-state index contributed by atoms with van der Waals surface area (Å²) < 4.78 is 5.12. The van der Waals surface area contributed by atoms with E-state index in [0.29, 0.717) is 24.3 Å². The molecule has 2 amide bonds. The fraction of sp³-hybridized carbons (Fsp3) is 0.263. The number of aliphatic carboxylic acids is 1. The van der Waals surface area contributed by atoms with Gasteiger partial charge in [-0.05, 0) is 30.5 Å². The molecule has 0 fully saturated rings. The lowest BCUT2D eigenvalue weighted by atomic mass is 10.0. The lowest BCUT2D eigenvalue weighted by Gasteiger charge is -2.19. The first kappa shape index (κ1) is 18.3. The average molecular weight is 342 g/mol. The van der Waals surface area contributed by atoms with Crippen molar-refractivity contribution in [2.45, 2.75) is 25.3 Å². The minimum atomic E-state index is -0.881. The van der Waals surface area contributed by atoms with Crippen LogP contribution in [0, 0.1) is 0 Å². The van der Waals surface area contributed by atoms with Gasteiger partial charge in [-0.15, -0.1) is 0 Å². The zero-order valence-electron chi connectivity index (χ0n) is 14.1. The van der Waals surface area contributed by atoms with E-state index in [4.69, 9.17) is 9.84 Å². The number of hydrogen-bond donors (Lipinski definition) is 3. The zero-order chi connectivity index (χ0) is 18.1. The molecule has 3 N–H and O–H groups in total. The smallest absolute Gasteiger partial charge is 0.319 e. The molecule has 0 spiro atoms. The second kappa shape index (κ2) is 9.32. The summed E-state index contributed by atoms with van der Waals surface area (Å²) in [5.41, 5.74) is 1.65. The highest BCUT2D eigenvalue weighted by atomic mass is 16.5. The highest BCUT2D eigenvalue weighted by Gasteiger charge is 2.15. The normalized spacial score (nSPS) is 11.4. The molecule has 25 heavy (non-hydrogen) atoms. The maximum atomic E-state index is 12.2. The first-order valence-corrected chi connectivity index (χ1v) is 8.04. The molecule has 2 aromatic carbocycles. The largest absolute Gasteiger partial charge is 0.497 e. The number of urea groups is 1. The molecular formula is C19H22N2O4. The van der Waals surface area contributed by atoms with Gasteiger partial charge in [-0.3, -0.25) is 4.79 Å². The molecule has 0 aromatic heterocycles. The number of amides is 2. The van der Waals surface area contributed by atoms with Crippen molar-refractivity contribution >= 4 is 17.7 Å². The van der Waals surface area contributed by atoms with Crippen LogP contribution in [0.3, 0.4) is 0 Å². The van der Waals surface area contributed by atoms with Gasteiger partial charge in [-0.25, -0.2) is 4.79 Å². The van der Waals surface area contributed by atoms with Crippen molar-refractivity contribution in [3.8, 4) is 5.75 Å². The predicted octanol–water partition coefficient (Wildman–Crippen LogP) is 3.29. The summed E-state index contributed by atoms with van der Waals surface area (Å²) in [7, 11) is 1.56. The van der Waals surface area contributed by atoms with E-state index < -0.39 is 5.97 Å². The van der Waals surface area contributed by atoms with Gasteiger partial charge in [-0.2, -0.15) is 0 Å². The summed E-state index contributed by atoms with van der Waals surface area (Å²) in [5.74, 6) is -0.238. The van der Waals surface area contributed by atoms with Crippen molar-refractivity contribution in [1.29, 1.82) is 0 Å². The molecule has 0 heterocycles. The van der Waals surface area contributed by atoms with Gasteiger partial charge in [0.2, 0.25) is 0 Å². The topological polar surface area (TPSA) is 87.7 Å². The molecule has 1 unspecified atom stereocenters. The monoisotopic (exact) mass is 342 g/mol. The highest BCUT2D eigenvalue weighted by Crippen LogP contribution is 2.16. The zero-order valence-corrected chi connectivity index (χ0v) is 14.1. The minimum absolute atomic E-state index is 0.00304. The van der Waals surface area contributed by atoms with E-state index in [1.807, 2.05) is 30.3 Å². The van der Waals surface area contributed by atoms with Gasteiger partial charge >= 0.3 is 12.0 Å². The van der Waals surface area contributed by atoms with Crippen LogP contribution >= 0.6 is 0 Å². The lowest BCUT2D eigenvalue weighted by Crippen LogP contribution is -2.39. The number of carbonyl (C=O) groups is 2. The Bertz CT molecular complexity index is 704. The van der Waals surface area contributed by atoms with E-state index in [1.54, 1.807) is 31.4 Å². The van der Waals surface area contributed by atoms with Crippen LogP contribution in [0.1, 0.15) is 18.4 Å².